The third-order valence-corrected chi connectivity index (χ3v) is 3.91. The maximum absolute atomic E-state index is 9.89. The molecule has 0 aliphatic carbocycles. The van der Waals surface area contributed by atoms with Crippen LogP contribution in [-0.4, -0.2) is 33.7 Å². The molecule has 1 aromatic heterocycles. The highest BCUT2D eigenvalue weighted by Crippen LogP contribution is 2.26. The van der Waals surface area contributed by atoms with Gasteiger partial charge in [0.1, 0.15) is 17.3 Å². The van der Waals surface area contributed by atoms with Gasteiger partial charge in [0, 0.05) is 23.7 Å². The van der Waals surface area contributed by atoms with E-state index in [1.54, 1.807) is 23.9 Å². The number of hydrogen-bond acceptors (Lipinski definition) is 5. The molecule has 0 bridgehead atoms. The monoisotopic (exact) mass is 339 g/mol. The van der Waals surface area contributed by atoms with Crippen molar-refractivity contribution in [3.8, 4) is 22.8 Å². The minimum atomic E-state index is -0.00943. The number of aromatic hydroxyl groups is 1. The number of aliphatic hydroxyl groups is 1. The largest absolute Gasteiger partial charge is 0.508 e. The van der Waals surface area contributed by atoms with Gasteiger partial charge in [-0.25, -0.2) is 4.68 Å². The Morgan fingerprint density at radius 3 is 2.72 bits per heavy atom. The Kier molecular flexibility index (Phi) is 5.20. The van der Waals surface area contributed by atoms with E-state index in [1.165, 1.54) is 0 Å². The average molecular weight is 339 g/mol. The van der Waals surface area contributed by atoms with Gasteiger partial charge < -0.3 is 20.3 Å². The van der Waals surface area contributed by atoms with Crippen LogP contribution in [0.15, 0.2) is 54.6 Å². The number of hydrogen-bond donors (Lipinski definition) is 3. The van der Waals surface area contributed by atoms with Gasteiger partial charge in [-0.3, -0.25) is 0 Å². The molecule has 0 saturated carbocycles. The van der Waals surface area contributed by atoms with Crippen molar-refractivity contribution in [3.63, 3.8) is 0 Å². The number of nitrogens with zero attached hydrogens (tertiary/aromatic N) is 2. The molecule has 0 aliphatic heterocycles. The van der Waals surface area contributed by atoms with Crippen molar-refractivity contribution in [1.29, 1.82) is 0 Å². The number of benzene rings is 2. The van der Waals surface area contributed by atoms with E-state index < -0.39 is 0 Å². The lowest BCUT2D eigenvalue weighted by Gasteiger charge is -2.09. The lowest BCUT2D eigenvalue weighted by atomic mass is 10.1. The number of rotatable bonds is 7. The smallest absolute Gasteiger partial charge is 0.125 e. The molecule has 0 amide bonds. The summed E-state index contributed by atoms with van der Waals surface area (Å²) in [5, 5.41) is 27.0. The highest BCUT2D eigenvalue weighted by Gasteiger charge is 2.11. The summed E-state index contributed by atoms with van der Waals surface area (Å²) in [4.78, 5) is 0. The van der Waals surface area contributed by atoms with Crippen LogP contribution in [0, 0.1) is 0 Å². The van der Waals surface area contributed by atoms with Crippen LogP contribution in [0.25, 0.3) is 11.3 Å². The molecule has 3 aromatic rings. The minimum Gasteiger partial charge on any atom is -0.508 e. The lowest BCUT2D eigenvalue weighted by Crippen LogP contribution is -2.10. The first kappa shape index (κ1) is 16.9. The van der Waals surface area contributed by atoms with E-state index >= 15 is 0 Å². The Balaban J connectivity index is 1.85. The van der Waals surface area contributed by atoms with E-state index in [4.69, 9.17) is 4.74 Å². The minimum absolute atomic E-state index is 0.00943. The number of nitrogens with one attached hydrogen (secondary N) is 1. The molecule has 0 radical (unpaired) electrons. The van der Waals surface area contributed by atoms with Crippen LogP contribution < -0.4 is 10.1 Å². The van der Waals surface area contributed by atoms with E-state index in [-0.39, 0.29) is 12.4 Å². The Morgan fingerprint density at radius 2 is 1.96 bits per heavy atom. The lowest BCUT2D eigenvalue weighted by molar-refractivity contribution is 0.270. The predicted octanol–water partition coefficient (Wildman–Crippen LogP) is 2.87. The first-order valence-electron chi connectivity index (χ1n) is 8.05. The molecule has 3 rings (SSSR count). The van der Waals surface area contributed by atoms with Gasteiger partial charge in [-0.05, 0) is 18.2 Å². The Labute approximate surface area is 146 Å². The second kappa shape index (κ2) is 7.72. The van der Waals surface area contributed by atoms with Crippen molar-refractivity contribution in [3.05, 3.63) is 60.2 Å². The van der Waals surface area contributed by atoms with Crippen LogP contribution in [-0.2, 0) is 13.1 Å². The summed E-state index contributed by atoms with van der Waals surface area (Å²) < 4.78 is 6.98. The molecule has 0 unspecified atom stereocenters. The van der Waals surface area contributed by atoms with Crippen molar-refractivity contribution in [2.45, 2.75) is 13.1 Å². The molecule has 3 N–H and O–H groups in total. The first-order chi connectivity index (χ1) is 12.2. The zero-order chi connectivity index (χ0) is 17.6. The van der Waals surface area contributed by atoms with Gasteiger partial charge >= 0.3 is 0 Å². The number of methoxy groups -OCH3 is 1. The summed E-state index contributed by atoms with van der Waals surface area (Å²) in [7, 11) is 1.63. The van der Waals surface area contributed by atoms with Gasteiger partial charge in [-0.15, -0.1) is 0 Å². The number of aliphatic hydroxyl groups excluding tert-OH is 1. The van der Waals surface area contributed by atoms with Gasteiger partial charge in [0.15, 0.2) is 0 Å². The van der Waals surface area contributed by atoms with Crippen LogP contribution in [0.1, 0.15) is 5.56 Å². The number of para-hydroxylation sites is 1. The fourth-order valence-corrected chi connectivity index (χ4v) is 2.59. The molecule has 0 fully saturated rings. The topological polar surface area (TPSA) is 79.5 Å². The van der Waals surface area contributed by atoms with E-state index in [0.717, 1.165) is 28.4 Å². The molecular formula is C19H21N3O3. The molecular weight excluding hydrogens is 318 g/mol. The molecule has 1 heterocycles. The Bertz CT molecular complexity index is 845. The van der Waals surface area contributed by atoms with Crippen molar-refractivity contribution in [2.75, 3.05) is 19.0 Å². The number of phenols is 1. The van der Waals surface area contributed by atoms with Crippen LogP contribution in [0.4, 0.5) is 5.82 Å². The number of anilines is 1. The summed E-state index contributed by atoms with van der Waals surface area (Å²) in [6, 6.07) is 16.8. The quantitative estimate of drug-likeness (QED) is 0.617. The number of phenolic OH excluding ortho intramolecular Hbond substituents is 1. The summed E-state index contributed by atoms with van der Waals surface area (Å²) in [6.45, 7) is 0.832. The van der Waals surface area contributed by atoms with E-state index in [0.29, 0.717) is 13.1 Å². The molecule has 0 atom stereocenters. The second-order valence-corrected chi connectivity index (χ2v) is 5.58. The highest BCUT2D eigenvalue weighted by molar-refractivity contribution is 5.64. The standard InChI is InChI=1S/C19H21N3O3/c1-25-16-7-4-6-14(11-16)17-12-19(22(21-17)9-10-23)20-13-15-5-2-3-8-18(15)24/h2-8,11-12,20,23-24H,9-10,13H2,1H3. The second-order valence-electron chi connectivity index (χ2n) is 5.58. The number of ether oxygens (including phenoxy) is 1. The molecule has 0 aliphatic rings. The molecule has 25 heavy (non-hydrogen) atoms. The normalized spacial score (nSPS) is 10.6. The van der Waals surface area contributed by atoms with Gasteiger partial charge in [0.05, 0.1) is 26.0 Å². The number of aromatic nitrogens is 2. The first-order valence-corrected chi connectivity index (χ1v) is 8.05. The zero-order valence-corrected chi connectivity index (χ0v) is 14.0. The van der Waals surface area contributed by atoms with Crippen LogP contribution in [0.3, 0.4) is 0 Å². The Hall–Kier alpha value is -2.99. The Morgan fingerprint density at radius 1 is 1.12 bits per heavy atom. The van der Waals surface area contributed by atoms with Gasteiger partial charge in [0.25, 0.3) is 0 Å². The van der Waals surface area contributed by atoms with Crippen LogP contribution in [0.5, 0.6) is 11.5 Å². The van der Waals surface area contributed by atoms with Crippen LogP contribution >= 0.6 is 0 Å². The van der Waals surface area contributed by atoms with Crippen molar-refractivity contribution in [1.82, 2.24) is 9.78 Å². The van der Waals surface area contributed by atoms with Crippen molar-refractivity contribution < 1.29 is 14.9 Å². The summed E-state index contributed by atoms with van der Waals surface area (Å²) in [6.07, 6.45) is 0. The van der Waals surface area contributed by atoms with Crippen molar-refractivity contribution >= 4 is 5.82 Å². The molecule has 6 heteroatoms. The molecule has 2 aromatic carbocycles. The molecule has 6 nitrogen and oxygen atoms in total. The fourth-order valence-electron chi connectivity index (χ4n) is 2.59. The van der Waals surface area contributed by atoms with Gasteiger partial charge in [-0.1, -0.05) is 30.3 Å². The molecule has 0 saturated heterocycles. The van der Waals surface area contributed by atoms with Crippen molar-refractivity contribution in [2.24, 2.45) is 0 Å². The van der Waals surface area contributed by atoms with Gasteiger partial charge in [-0.2, -0.15) is 5.10 Å². The third-order valence-electron chi connectivity index (χ3n) is 3.91. The van der Waals surface area contributed by atoms with E-state index in [9.17, 15) is 10.2 Å². The SMILES string of the molecule is COc1cccc(-c2cc(NCc3ccccc3O)n(CCO)n2)c1. The van der Waals surface area contributed by atoms with E-state index in [1.807, 2.05) is 42.5 Å². The molecule has 0 spiro atoms. The van der Waals surface area contributed by atoms with E-state index in [2.05, 4.69) is 10.4 Å². The predicted molar refractivity (Wildman–Crippen MR) is 96.7 cm³/mol. The zero-order valence-electron chi connectivity index (χ0n) is 14.0. The summed E-state index contributed by atoms with van der Waals surface area (Å²) in [5.41, 5.74) is 2.51. The maximum Gasteiger partial charge on any atom is 0.125 e. The van der Waals surface area contributed by atoms with Crippen LogP contribution in [0.2, 0.25) is 0 Å². The summed E-state index contributed by atoms with van der Waals surface area (Å²) >= 11 is 0. The third kappa shape index (κ3) is 3.92. The fraction of sp³-hybridized carbons (Fsp3) is 0.211. The van der Waals surface area contributed by atoms with Gasteiger partial charge in [0.2, 0.25) is 0 Å². The highest BCUT2D eigenvalue weighted by atomic mass is 16.5. The summed E-state index contributed by atoms with van der Waals surface area (Å²) in [5.74, 6) is 1.78. The molecule has 130 valence electrons. The average Bonchev–Trinajstić information content (AvgIpc) is 3.04. The maximum atomic E-state index is 9.89.